The maximum absolute atomic E-state index is 3.60. The molecule has 0 amide bonds. The van der Waals surface area contributed by atoms with Gasteiger partial charge in [0.2, 0.25) is 0 Å². The van der Waals surface area contributed by atoms with Crippen molar-refractivity contribution in [1.82, 2.24) is 5.32 Å². The lowest BCUT2D eigenvalue weighted by Crippen LogP contribution is -2.15. The number of hydrogen-bond acceptors (Lipinski definition) is 2. The molecule has 1 aliphatic rings. The summed E-state index contributed by atoms with van der Waals surface area (Å²) in [6.45, 7) is 5.37. The number of aryl methyl sites for hydroxylation is 2. The average Bonchev–Trinajstić information content (AvgIpc) is 3.08. The van der Waals surface area contributed by atoms with Gasteiger partial charge in [-0.2, -0.15) is 11.3 Å². The second-order valence-corrected chi connectivity index (χ2v) is 6.01. The second-order valence-electron chi connectivity index (χ2n) is 5.26. The Bertz CT molecular complexity index is 552. The van der Waals surface area contributed by atoms with Crippen molar-refractivity contribution < 1.29 is 0 Å². The van der Waals surface area contributed by atoms with E-state index in [0.29, 0.717) is 0 Å². The molecule has 3 rings (SSSR count). The van der Waals surface area contributed by atoms with Gasteiger partial charge in [-0.05, 0) is 65.3 Å². The predicted molar refractivity (Wildman–Crippen MR) is 79.1 cm³/mol. The third-order valence-corrected chi connectivity index (χ3v) is 4.51. The summed E-state index contributed by atoms with van der Waals surface area (Å²) >= 11 is 1.80. The third-order valence-electron chi connectivity index (χ3n) is 3.72. The van der Waals surface area contributed by atoms with E-state index in [-0.39, 0.29) is 0 Å². The topological polar surface area (TPSA) is 12.0 Å². The van der Waals surface area contributed by atoms with Crippen LogP contribution >= 0.6 is 11.3 Å². The first-order valence-electron chi connectivity index (χ1n) is 6.60. The quantitative estimate of drug-likeness (QED) is 0.862. The van der Waals surface area contributed by atoms with E-state index in [4.69, 9.17) is 0 Å². The number of thiophene rings is 1. The molecule has 2 aromatic rings. The first-order chi connectivity index (χ1) is 8.74. The highest BCUT2D eigenvalue weighted by Gasteiger charge is 2.20. The first kappa shape index (κ1) is 11.9. The van der Waals surface area contributed by atoms with Gasteiger partial charge >= 0.3 is 0 Å². The van der Waals surface area contributed by atoms with E-state index in [2.05, 4.69) is 48.1 Å². The summed E-state index contributed by atoms with van der Waals surface area (Å²) in [7, 11) is 0. The average molecular weight is 257 g/mol. The minimum absolute atomic E-state index is 0.775. The van der Waals surface area contributed by atoms with Gasteiger partial charge in [0.05, 0.1) is 0 Å². The maximum atomic E-state index is 3.60. The fraction of sp³-hybridized carbons (Fsp3) is 0.375. The molecule has 1 nitrogen and oxygen atoms in total. The zero-order valence-electron chi connectivity index (χ0n) is 11.0. The van der Waals surface area contributed by atoms with Crippen molar-refractivity contribution in [3.8, 4) is 11.1 Å². The van der Waals surface area contributed by atoms with Gasteiger partial charge in [0.1, 0.15) is 0 Å². The molecule has 1 fully saturated rings. The molecule has 0 aliphatic heterocycles. The van der Waals surface area contributed by atoms with E-state index in [0.717, 1.165) is 12.6 Å². The summed E-state index contributed by atoms with van der Waals surface area (Å²) in [6.07, 6.45) is 2.70. The van der Waals surface area contributed by atoms with Crippen LogP contribution in [0.25, 0.3) is 11.1 Å². The Kier molecular flexibility index (Phi) is 3.23. The monoisotopic (exact) mass is 257 g/mol. The van der Waals surface area contributed by atoms with Gasteiger partial charge in [-0.15, -0.1) is 0 Å². The molecule has 0 bridgehead atoms. The molecular formula is C16H19NS. The van der Waals surface area contributed by atoms with E-state index in [9.17, 15) is 0 Å². The lowest BCUT2D eigenvalue weighted by Gasteiger charge is -2.08. The van der Waals surface area contributed by atoms with Crippen LogP contribution in [-0.4, -0.2) is 6.04 Å². The largest absolute Gasteiger partial charge is 0.310 e. The van der Waals surface area contributed by atoms with Crippen molar-refractivity contribution in [2.75, 3.05) is 0 Å². The van der Waals surface area contributed by atoms with Crippen molar-refractivity contribution >= 4 is 11.3 Å². The molecule has 0 spiro atoms. The van der Waals surface area contributed by atoms with Crippen molar-refractivity contribution in [1.29, 1.82) is 0 Å². The molecule has 1 aliphatic carbocycles. The smallest absolute Gasteiger partial charge is 0.0222 e. The second kappa shape index (κ2) is 4.87. The van der Waals surface area contributed by atoms with E-state index in [1.807, 2.05) is 0 Å². The molecule has 0 radical (unpaired) electrons. The molecule has 94 valence electrons. The molecule has 1 heterocycles. The Hall–Kier alpha value is -1.12. The maximum Gasteiger partial charge on any atom is 0.0222 e. The molecule has 1 aromatic heterocycles. The predicted octanol–water partition coefficient (Wildman–Crippen LogP) is 4.28. The zero-order valence-corrected chi connectivity index (χ0v) is 11.8. The third kappa shape index (κ3) is 2.50. The lowest BCUT2D eigenvalue weighted by molar-refractivity contribution is 0.690. The first-order valence-corrected chi connectivity index (χ1v) is 7.54. The fourth-order valence-corrected chi connectivity index (χ4v) is 3.03. The van der Waals surface area contributed by atoms with Crippen molar-refractivity contribution in [3.05, 3.63) is 45.6 Å². The van der Waals surface area contributed by atoms with Crippen molar-refractivity contribution in [2.24, 2.45) is 0 Å². The lowest BCUT2D eigenvalue weighted by atomic mass is 10.00. The molecule has 0 saturated heterocycles. The fourth-order valence-electron chi connectivity index (χ4n) is 2.16. The van der Waals surface area contributed by atoms with E-state index in [1.165, 1.54) is 40.7 Å². The van der Waals surface area contributed by atoms with Gasteiger partial charge in [-0.3, -0.25) is 0 Å². The molecule has 1 aromatic carbocycles. The normalized spacial score (nSPS) is 15.0. The van der Waals surface area contributed by atoms with Crippen LogP contribution in [0.1, 0.15) is 29.5 Å². The number of nitrogens with one attached hydrogen (secondary N) is 1. The Labute approximate surface area is 113 Å². The molecule has 2 heteroatoms. The molecule has 18 heavy (non-hydrogen) atoms. The molecule has 0 unspecified atom stereocenters. The van der Waals surface area contributed by atoms with Gasteiger partial charge in [-0.25, -0.2) is 0 Å². The minimum atomic E-state index is 0.775. The van der Waals surface area contributed by atoms with Crippen LogP contribution in [0.5, 0.6) is 0 Å². The van der Waals surface area contributed by atoms with Gasteiger partial charge in [-0.1, -0.05) is 18.2 Å². The number of benzene rings is 1. The van der Waals surface area contributed by atoms with Crippen LogP contribution in [0.3, 0.4) is 0 Å². The highest BCUT2D eigenvalue weighted by molar-refractivity contribution is 7.08. The summed E-state index contributed by atoms with van der Waals surface area (Å²) < 4.78 is 0. The van der Waals surface area contributed by atoms with Crippen molar-refractivity contribution in [3.63, 3.8) is 0 Å². The Morgan fingerprint density at radius 3 is 2.72 bits per heavy atom. The van der Waals surface area contributed by atoms with Crippen LogP contribution in [0.4, 0.5) is 0 Å². The van der Waals surface area contributed by atoms with Gasteiger partial charge < -0.3 is 5.32 Å². The summed E-state index contributed by atoms with van der Waals surface area (Å²) in [6, 6.07) is 7.54. The SMILES string of the molecule is Cc1ccc(-c2cscc2CNC2CC2)cc1C. The van der Waals surface area contributed by atoms with Gasteiger partial charge in [0.15, 0.2) is 0 Å². The van der Waals surface area contributed by atoms with Gasteiger partial charge in [0, 0.05) is 12.6 Å². The Balaban J connectivity index is 1.85. The molecule has 1 N–H and O–H groups in total. The van der Waals surface area contributed by atoms with E-state index in [1.54, 1.807) is 11.3 Å². The molecule has 0 atom stereocenters. The molecular weight excluding hydrogens is 238 g/mol. The van der Waals surface area contributed by atoms with Crippen LogP contribution in [0, 0.1) is 13.8 Å². The van der Waals surface area contributed by atoms with Gasteiger partial charge in [0.25, 0.3) is 0 Å². The number of hydrogen-bond donors (Lipinski definition) is 1. The molecule has 1 saturated carbocycles. The highest BCUT2D eigenvalue weighted by atomic mass is 32.1. The Morgan fingerprint density at radius 1 is 1.17 bits per heavy atom. The van der Waals surface area contributed by atoms with Crippen LogP contribution in [-0.2, 0) is 6.54 Å². The van der Waals surface area contributed by atoms with Crippen molar-refractivity contribution in [2.45, 2.75) is 39.3 Å². The summed E-state index contributed by atoms with van der Waals surface area (Å²) in [5.74, 6) is 0. The Morgan fingerprint density at radius 2 is 2.00 bits per heavy atom. The van der Waals surface area contributed by atoms with Crippen LogP contribution in [0.2, 0.25) is 0 Å². The summed E-state index contributed by atoms with van der Waals surface area (Å²) in [4.78, 5) is 0. The summed E-state index contributed by atoms with van der Waals surface area (Å²) in [5, 5.41) is 8.15. The van der Waals surface area contributed by atoms with E-state index < -0.39 is 0 Å². The zero-order chi connectivity index (χ0) is 12.5. The van der Waals surface area contributed by atoms with Crippen LogP contribution < -0.4 is 5.32 Å². The summed E-state index contributed by atoms with van der Waals surface area (Å²) in [5.41, 5.74) is 6.93. The minimum Gasteiger partial charge on any atom is -0.310 e. The van der Waals surface area contributed by atoms with Crippen LogP contribution in [0.15, 0.2) is 29.0 Å². The van der Waals surface area contributed by atoms with E-state index >= 15 is 0 Å². The number of rotatable bonds is 4. The highest BCUT2D eigenvalue weighted by Crippen LogP contribution is 2.29. The standard InChI is InChI=1S/C16H19NS/c1-11-3-4-13(7-12(11)2)16-10-18-9-14(16)8-17-15-5-6-15/h3-4,7,9-10,15,17H,5-6,8H2,1-2H3.